The topological polar surface area (TPSA) is 23.5 Å². The van der Waals surface area contributed by atoms with Crippen LogP contribution in [0.15, 0.2) is 0 Å². The van der Waals surface area contributed by atoms with Crippen molar-refractivity contribution < 1.29 is 5.11 Å². The highest BCUT2D eigenvalue weighted by Gasteiger charge is 2.22. The summed E-state index contributed by atoms with van der Waals surface area (Å²) in [6, 6.07) is 0.590. The van der Waals surface area contributed by atoms with Crippen molar-refractivity contribution in [1.82, 2.24) is 4.90 Å². The molecule has 0 radical (unpaired) electrons. The van der Waals surface area contributed by atoms with E-state index < -0.39 is 0 Å². The van der Waals surface area contributed by atoms with Gasteiger partial charge in [-0.2, -0.15) is 11.8 Å². The van der Waals surface area contributed by atoms with E-state index in [-0.39, 0.29) is 11.5 Å². The Labute approximate surface area is 99.4 Å². The van der Waals surface area contributed by atoms with Gasteiger partial charge in [-0.15, -0.1) is 0 Å². The Morgan fingerprint density at radius 2 is 1.87 bits per heavy atom. The van der Waals surface area contributed by atoms with Gasteiger partial charge in [0.1, 0.15) is 0 Å². The van der Waals surface area contributed by atoms with E-state index in [1.165, 1.54) is 0 Å². The number of thioether (sulfide) groups is 1. The molecular weight excluding hydrogens is 206 g/mol. The summed E-state index contributed by atoms with van der Waals surface area (Å²) >= 11 is 1.87. The highest BCUT2D eigenvalue weighted by molar-refractivity contribution is 7.98. The summed E-state index contributed by atoms with van der Waals surface area (Å²) in [6.45, 7) is 9.47. The monoisotopic (exact) mass is 233 g/mol. The Bertz CT molecular complexity index is 167. The zero-order valence-electron chi connectivity index (χ0n) is 11.1. The van der Waals surface area contributed by atoms with Gasteiger partial charge in [0.25, 0.3) is 0 Å². The summed E-state index contributed by atoms with van der Waals surface area (Å²) in [6.07, 6.45) is 2.79. The molecule has 0 saturated carbocycles. The van der Waals surface area contributed by atoms with Gasteiger partial charge in [-0.05, 0) is 32.1 Å². The van der Waals surface area contributed by atoms with Gasteiger partial charge in [0, 0.05) is 18.3 Å². The summed E-state index contributed by atoms with van der Waals surface area (Å²) < 4.78 is 0. The maximum atomic E-state index is 9.91. The Kier molecular flexibility index (Phi) is 6.89. The first-order valence-electron chi connectivity index (χ1n) is 5.66. The minimum Gasteiger partial charge on any atom is -0.393 e. The third kappa shape index (κ3) is 6.44. The summed E-state index contributed by atoms with van der Waals surface area (Å²) in [7, 11) is 2.14. The largest absolute Gasteiger partial charge is 0.393 e. The molecule has 2 atom stereocenters. The summed E-state index contributed by atoms with van der Waals surface area (Å²) in [4.78, 5) is 2.32. The molecule has 0 spiro atoms. The van der Waals surface area contributed by atoms with E-state index in [9.17, 15) is 5.11 Å². The van der Waals surface area contributed by atoms with Crippen molar-refractivity contribution in [3.63, 3.8) is 0 Å². The van der Waals surface area contributed by atoms with Gasteiger partial charge in [-0.3, -0.25) is 0 Å². The predicted octanol–water partition coefficient (Wildman–Crippen LogP) is 2.47. The summed E-state index contributed by atoms with van der Waals surface area (Å²) in [5.74, 6) is 1.15. The van der Waals surface area contributed by atoms with Crippen LogP contribution in [0.5, 0.6) is 0 Å². The Morgan fingerprint density at radius 3 is 2.27 bits per heavy atom. The minimum atomic E-state index is -0.207. The number of nitrogens with zero attached hydrogens (tertiary/aromatic N) is 1. The molecule has 0 aliphatic rings. The molecule has 2 unspecified atom stereocenters. The van der Waals surface area contributed by atoms with Crippen molar-refractivity contribution in [2.75, 3.05) is 25.6 Å². The van der Waals surface area contributed by atoms with Crippen LogP contribution < -0.4 is 0 Å². The average Bonchev–Trinajstić information content (AvgIpc) is 2.12. The molecule has 92 valence electrons. The van der Waals surface area contributed by atoms with Gasteiger partial charge in [-0.25, -0.2) is 0 Å². The minimum absolute atomic E-state index is 0.00356. The fourth-order valence-corrected chi connectivity index (χ4v) is 2.08. The van der Waals surface area contributed by atoms with Crippen molar-refractivity contribution in [2.24, 2.45) is 5.41 Å². The molecular formula is C12H27NOS. The smallest absolute Gasteiger partial charge is 0.0600 e. The fourth-order valence-electron chi connectivity index (χ4n) is 1.35. The summed E-state index contributed by atoms with van der Waals surface area (Å²) in [5, 5.41) is 9.91. The highest BCUT2D eigenvalue weighted by atomic mass is 32.2. The van der Waals surface area contributed by atoms with Crippen LogP contribution in [0.2, 0.25) is 0 Å². The number of rotatable bonds is 6. The number of hydrogen-bond donors (Lipinski definition) is 1. The normalized spacial score (nSPS) is 16.8. The molecule has 3 heteroatoms. The van der Waals surface area contributed by atoms with E-state index in [0.717, 1.165) is 18.7 Å². The van der Waals surface area contributed by atoms with Gasteiger partial charge in [-0.1, -0.05) is 20.8 Å². The third-order valence-corrected chi connectivity index (χ3v) is 3.73. The third-order valence-electron chi connectivity index (χ3n) is 2.92. The number of aliphatic hydroxyl groups excluding tert-OH is 1. The summed E-state index contributed by atoms with van der Waals surface area (Å²) in [5.41, 5.74) is 0.00356. The molecule has 0 heterocycles. The molecule has 15 heavy (non-hydrogen) atoms. The lowest BCUT2D eigenvalue weighted by molar-refractivity contribution is 0.0457. The van der Waals surface area contributed by atoms with E-state index in [0.29, 0.717) is 6.04 Å². The molecule has 2 nitrogen and oxygen atoms in total. The first-order chi connectivity index (χ1) is 6.79. The Hall–Kier alpha value is 0.270. The first-order valence-corrected chi connectivity index (χ1v) is 7.05. The highest BCUT2D eigenvalue weighted by Crippen LogP contribution is 2.21. The van der Waals surface area contributed by atoms with E-state index >= 15 is 0 Å². The van der Waals surface area contributed by atoms with E-state index in [1.54, 1.807) is 0 Å². The molecule has 0 aromatic carbocycles. The fraction of sp³-hybridized carbons (Fsp3) is 1.00. The van der Waals surface area contributed by atoms with Crippen LogP contribution in [-0.4, -0.2) is 47.8 Å². The van der Waals surface area contributed by atoms with Crippen LogP contribution in [0.1, 0.15) is 34.1 Å². The van der Waals surface area contributed by atoms with Crippen LogP contribution in [0.4, 0.5) is 0 Å². The number of hydrogen-bond acceptors (Lipinski definition) is 3. The van der Waals surface area contributed by atoms with Crippen LogP contribution in [0.25, 0.3) is 0 Å². The van der Waals surface area contributed by atoms with Gasteiger partial charge in [0.2, 0.25) is 0 Å². The average molecular weight is 233 g/mol. The second kappa shape index (κ2) is 6.77. The molecule has 0 rings (SSSR count). The van der Waals surface area contributed by atoms with Gasteiger partial charge in [0.15, 0.2) is 0 Å². The number of aliphatic hydroxyl groups is 1. The SMILES string of the molecule is CSCC(C)N(C)CCC(O)C(C)(C)C. The van der Waals surface area contributed by atoms with Crippen molar-refractivity contribution in [3.05, 3.63) is 0 Å². The molecule has 0 aromatic rings. The molecule has 1 N–H and O–H groups in total. The molecule has 0 bridgehead atoms. The Balaban J connectivity index is 3.85. The predicted molar refractivity (Wildman–Crippen MR) is 70.6 cm³/mol. The zero-order chi connectivity index (χ0) is 12.1. The first kappa shape index (κ1) is 15.3. The molecule has 0 fully saturated rings. The van der Waals surface area contributed by atoms with Gasteiger partial charge < -0.3 is 10.0 Å². The lowest BCUT2D eigenvalue weighted by Gasteiger charge is -2.30. The molecule has 0 amide bonds. The van der Waals surface area contributed by atoms with E-state index in [2.05, 4.69) is 45.9 Å². The maximum Gasteiger partial charge on any atom is 0.0600 e. The molecule has 0 saturated heterocycles. The van der Waals surface area contributed by atoms with Gasteiger partial charge >= 0.3 is 0 Å². The second-order valence-electron chi connectivity index (χ2n) is 5.46. The van der Waals surface area contributed by atoms with Crippen molar-refractivity contribution in [2.45, 2.75) is 46.3 Å². The Morgan fingerprint density at radius 1 is 1.33 bits per heavy atom. The molecule has 0 aliphatic heterocycles. The quantitative estimate of drug-likeness (QED) is 0.762. The maximum absolute atomic E-state index is 9.91. The van der Waals surface area contributed by atoms with E-state index in [4.69, 9.17) is 0 Å². The van der Waals surface area contributed by atoms with Crippen LogP contribution >= 0.6 is 11.8 Å². The van der Waals surface area contributed by atoms with Crippen LogP contribution in [0.3, 0.4) is 0 Å². The second-order valence-corrected chi connectivity index (χ2v) is 6.37. The lowest BCUT2D eigenvalue weighted by Crippen LogP contribution is -2.36. The zero-order valence-corrected chi connectivity index (χ0v) is 11.9. The van der Waals surface area contributed by atoms with Crippen molar-refractivity contribution in [1.29, 1.82) is 0 Å². The van der Waals surface area contributed by atoms with Crippen molar-refractivity contribution in [3.8, 4) is 0 Å². The van der Waals surface area contributed by atoms with Crippen LogP contribution in [0, 0.1) is 5.41 Å². The van der Waals surface area contributed by atoms with Crippen LogP contribution in [-0.2, 0) is 0 Å². The molecule has 0 aromatic heterocycles. The van der Waals surface area contributed by atoms with E-state index in [1.807, 2.05) is 11.8 Å². The van der Waals surface area contributed by atoms with Gasteiger partial charge in [0.05, 0.1) is 6.10 Å². The van der Waals surface area contributed by atoms with Crippen molar-refractivity contribution >= 4 is 11.8 Å². The standard InChI is InChI=1S/C12H27NOS/c1-10(9-15-6)13(5)8-7-11(14)12(2,3)4/h10-11,14H,7-9H2,1-6H3. The molecule has 0 aliphatic carbocycles. The lowest BCUT2D eigenvalue weighted by atomic mass is 9.87.